The third-order valence-corrected chi connectivity index (χ3v) is 2.61. The zero-order chi connectivity index (χ0) is 11.8. The highest BCUT2D eigenvalue weighted by molar-refractivity contribution is 5.78. The summed E-state index contributed by atoms with van der Waals surface area (Å²) < 4.78 is 0. The van der Waals surface area contributed by atoms with Gasteiger partial charge in [-0.3, -0.25) is 4.79 Å². The molecule has 3 heteroatoms. The molecule has 0 saturated heterocycles. The van der Waals surface area contributed by atoms with Crippen molar-refractivity contribution in [2.45, 2.75) is 40.0 Å². The lowest BCUT2D eigenvalue weighted by Crippen LogP contribution is -2.37. The Kier molecular flexibility index (Phi) is 7.39. The first-order valence-corrected chi connectivity index (χ1v) is 5.97. The molecular formula is C12H26N2O. The second-order valence-corrected chi connectivity index (χ2v) is 4.68. The molecule has 1 unspecified atom stereocenters. The Bertz CT molecular complexity index is 180. The molecule has 0 aromatic rings. The largest absolute Gasteiger partial charge is 0.345 e. The minimum Gasteiger partial charge on any atom is -0.345 e. The highest BCUT2D eigenvalue weighted by atomic mass is 16.2. The van der Waals surface area contributed by atoms with Crippen LogP contribution >= 0.6 is 0 Å². The number of hydrogen-bond acceptors (Lipinski definition) is 2. The van der Waals surface area contributed by atoms with Gasteiger partial charge in [-0.15, -0.1) is 0 Å². The van der Waals surface area contributed by atoms with E-state index in [9.17, 15) is 4.79 Å². The van der Waals surface area contributed by atoms with Crippen molar-refractivity contribution in [2.24, 2.45) is 17.6 Å². The van der Waals surface area contributed by atoms with Gasteiger partial charge >= 0.3 is 0 Å². The maximum absolute atomic E-state index is 12.0. The number of nitrogens with zero attached hydrogens (tertiary/aromatic N) is 1. The lowest BCUT2D eigenvalue weighted by molar-refractivity contribution is -0.134. The van der Waals surface area contributed by atoms with E-state index in [1.165, 1.54) is 0 Å². The zero-order valence-corrected chi connectivity index (χ0v) is 10.6. The van der Waals surface area contributed by atoms with Crippen LogP contribution in [0.25, 0.3) is 0 Å². The molecule has 1 amide bonds. The van der Waals surface area contributed by atoms with Crippen LogP contribution in [-0.4, -0.2) is 30.9 Å². The van der Waals surface area contributed by atoms with Crippen molar-refractivity contribution in [2.75, 3.05) is 20.1 Å². The summed E-state index contributed by atoms with van der Waals surface area (Å²) in [7, 11) is 1.88. The van der Waals surface area contributed by atoms with Gasteiger partial charge in [-0.25, -0.2) is 0 Å². The van der Waals surface area contributed by atoms with Crippen molar-refractivity contribution in [1.29, 1.82) is 0 Å². The van der Waals surface area contributed by atoms with Crippen LogP contribution in [0, 0.1) is 11.8 Å². The van der Waals surface area contributed by atoms with Gasteiger partial charge in [0.15, 0.2) is 0 Å². The summed E-state index contributed by atoms with van der Waals surface area (Å²) in [4.78, 5) is 13.8. The Balaban J connectivity index is 4.12. The molecule has 0 aromatic heterocycles. The maximum Gasteiger partial charge on any atom is 0.226 e. The number of rotatable bonds is 7. The third kappa shape index (κ3) is 5.78. The summed E-state index contributed by atoms with van der Waals surface area (Å²) in [5, 5.41) is 0. The molecule has 0 aliphatic heterocycles. The fraction of sp³-hybridized carbons (Fsp3) is 0.917. The van der Waals surface area contributed by atoms with E-state index in [2.05, 4.69) is 20.8 Å². The van der Waals surface area contributed by atoms with Gasteiger partial charge in [-0.2, -0.15) is 0 Å². The Morgan fingerprint density at radius 2 is 2.00 bits per heavy atom. The Morgan fingerprint density at radius 1 is 1.40 bits per heavy atom. The SMILES string of the molecule is CCCCN(C)C(=O)C(CN)CC(C)C. The van der Waals surface area contributed by atoms with Gasteiger partial charge in [0.25, 0.3) is 0 Å². The molecule has 1 atom stereocenters. The topological polar surface area (TPSA) is 46.3 Å². The molecular weight excluding hydrogens is 188 g/mol. The highest BCUT2D eigenvalue weighted by Gasteiger charge is 2.21. The van der Waals surface area contributed by atoms with Crippen LogP contribution < -0.4 is 5.73 Å². The van der Waals surface area contributed by atoms with Gasteiger partial charge in [-0.05, 0) is 18.8 Å². The quantitative estimate of drug-likeness (QED) is 0.703. The van der Waals surface area contributed by atoms with Crippen LogP contribution in [-0.2, 0) is 4.79 Å². The second kappa shape index (κ2) is 7.69. The van der Waals surface area contributed by atoms with Crippen LogP contribution in [0.1, 0.15) is 40.0 Å². The molecule has 0 aliphatic rings. The minimum absolute atomic E-state index is 0.00635. The molecule has 0 fully saturated rings. The van der Waals surface area contributed by atoms with Gasteiger partial charge in [0.2, 0.25) is 5.91 Å². The van der Waals surface area contributed by atoms with Crippen molar-refractivity contribution < 1.29 is 4.79 Å². The monoisotopic (exact) mass is 214 g/mol. The number of unbranched alkanes of at least 4 members (excludes halogenated alkanes) is 1. The zero-order valence-electron chi connectivity index (χ0n) is 10.6. The van der Waals surface area contributed by atoms with E-state index in [0.29, 0.717) is 12.5 Å². The molecule has 0 heterocycles. The summed E-state index contributed by atoms with van der Waals surface area (Å²) in [6.07, 6.45) is 3.09. The molecule has 90 valence electrons. The van der Waals surface area contributed by atoms with Crippen LogP contribution in [0.3, 0.4) is 0 Å². The fourth-order valence-corrected chi connectivity index (χ4v) is 1.68. The number of amides is 1. The van der Waals surface area contributed by atoms with Gasteiger partial charge in [0.05, 0.1) is 5.92 Å². The lowest BCUT2D eigenvalue weighted by Gasteiger charge is -2.23. The molecule has 2 N–H and O–H groups in total. The number of carbonyl (C=O) groups excluding carboxylic acids is 1. The summed E-state index contributed by atoms with van der Waals surface area (Å²) >= 11 is 0. The van der Waals surface area contributed by atoms with E-state index < -0.39 is 0 Å². The van der Waals surface area contributed by atoms with E-state index in [-0.39, 0.29) is 11.8 Å². The summed E-state index contributed by atoms with van der Waals surface area (Å²) in [6.45, 7) is 7.70. The number of carbonyl (C=O) groups is 1. The van der Waals surface area contributed by atoms with E-state index in [4.69, 9.17) is 5.73 Å². The normalized spacial score (nSPS) is 12.9. The average molecular weight is 214 g/mol. The predicted molar refractivity (Wildman–Crippen MR) is 64.5 cm³/mol. The van der Waals surface area contributed by atoms with E-state index in [0.717, 1.165) is 25.8 Å². The van der Waals surface area contributed by atoms with Gasteiger partial charge in [0, 0.05) is 20.1 Å². The van der Waals surface area contributed by atoms with Crippen LogP contribution in [0.4, 0.5) is 0 Å². The summed E-state index contributed by atoms with van der Waals surface area (Å²) in [5.74, 6) is 0.744. The van der Waals surface area contributed by atoms with Crippen LogP contribution in [0.5, 0.6) is 0 Å². The molecule has 0 aliphatic carbocycles. The van der Waals surface area contributed by atoms with Crippen molar-refractivity contribution in [3.05, 3.63) is 0 Å². The first-order chi connectivity index (χ1) is 7.02. The van der Waals surface area contributed by atoms with Crippen molar-refractivity contribution >= 4 is 5.91 Å². The van der Waals surface area contributed by atoms with Crippen LogP contribution in [0.2, 0.25) is 0 Å². The van der Waals surface area contributed by atoms with E-state index in [1.807, 2.05) is 11.9 Å². The van der Waals surface area contributed by atoms with Crippen molar-refractivity contribution in [3.63, 3.8) is 0 Å². The van der Waals surface area contributed by atoms with Crippen molar-refractivity contribution in [3.8, 4) is 0 Å². The third-order valence-electron chi connectivity index (χ3n) is 2.61. The molecule has 0 bridgehead atoms. The predicted octanol–water partition coefficient (Wildman–Crippen LogP) is 1.87. The van der Waals surface area contributed by atoms with Crippen molar-refractivity contribution in [1.82, 2.24) is 4.90 Å². The standard InChI is InChI=1S/C12H26N2O/c1-5-6-7-14(4)12(15)11(9-13)8-10(2)3/h10-11H,5-9,13H2,1-4H3. The molecule has 0 radical (unpaired) electrons. The number of nitrogens with two attached hydrogens (primary N) is 1. The molecule has 0 saturated carbocycles. The first-order valence-electron chi connectivity index (χ1n) is 5.97. The second-order valence-electron chi connectivity index (χ2n) is 4.68. The molecule has 0 spiro atoms. The van der Waals surface area contributed by atoms with Gasteiger partial charge in [-0.1, -0.05) is 27.2 Å². The summed E-state index contributed by atoms with van der Waals surface area (Å²) in [5.41, 5.74) is 5.64. The van der Waals surface area contributed by atoms with Gasteiger partial charge in [0.1, 0.15) is 0 Å². The summed E-state index contributed by atoms with van der Waals surface area (Å²) in [6, 6.07) is 0. The first kappa shape index (κ1) is 14.4. The molecule has 0 aromatic carbocycles. The minimum atomic E-state index is 0.00635. The maximum atomic E-state index is 12.0. The van der Waals surface area contributed by atoms with Crippen LogP contribution in [0.15, 0.2) is 0 Å². The average Bonchev–Trinajstić information content (AvgIpc) is 2.21. The highest BCUT2D eigenvalue weighted by Crippen LogP contribution is 2.13. The lowest BCUT2D eigenvalue weighted by atomic mass is 9.96. The Morgan fingerprint density at radius 3 is 2.40 bits per heavy atom. The smallest absolute Gasteiger partial charge is 0.226 e. The van der Waals surface area contributed by atoms with E-state index >= 15 is 0 Å². The molecule has 3 nitrogen and oxygen atoms in total. The number of hydrogen-bond donors (Lipinski definition) is 1. The fourth-order valence-electron chi connectivity index (χ4n) is 1.68. The van der Waals surface area contributed by atoms with Gasteiger partial charge < -0.3 is 10.6 Å². The Hall–Kier alpha value is -0.570. The molecule has 0 rings (SSSR count). The molecule has 15 heavy (non-hydrogen) atoms. The van der Waals surface area contributed by atoms with E-state index in [1.54, 1.807) is 0 Å². The Labute approximate surface area is 94.0 Å².